The van der Waals surface area contributed by atoms with Crippen molar-refractivity contribution >= 4 is 6.47 Å². The van der Waals surface area contributed by atoms with Gasteiger partial charge in [-0.05, 0) is 25.8 Å². The summed E-state index contributed by atoms with van der Waals surface area (Å²) in [6, 6.07) is 0. The van der Waals surface area contributed by atoms with Crippen molar-refractivity contribution in [2.75, 3.05) is 6.54 Å². The van der Waals surface area contributed by atoms with Crippen molar-refractivity contribution < 1.29 is 9.53 Å². The molecule has 0 bridgehead atoms. The largest absolute Gasteiger partial charge is 0.449 e. The van der Waals surface area contributed by atoms with E-state index in [9.17, 15) is 4.79 Å². The Morgan fingerprint density at radius 1 is 1.36 bits per heavy atom. The lowest BCUT2D eigenvalue weighted by Crippen LogP contribution is -2.22. The summed E-state index contributed by atoms with van der Waals surface area (Å²) in [5.41, 5.74) is 10.7. The second-order valence-electron chi connectivity index (χ2n) is 2.41. The van der Waals surface area contributed by atoms with Crippen LogP contribution in [0.2, 0.25) is 0 Å². The fourth-order valence-electron chi connectivity index (χ4n) is 0.806. The Balaban J connectivity index is 3.03. The highest BCUT2D eigenvalue weighted by atomic mass is 16.5. The summed E-state index contributed by atoms with van der Waals surface area (Å²) in [6.45, 7) is 1.09. The zero-order valence-corrected chi connectivity index (χ0v) is 6.66. The SMILES string of the molecule is NCCCCCC(N)OC=O. The molecule has 66 valence electrons. The molecule has 4 heteroatoms. The van der Waals surface area contributed by atoms with Crippen LogP contribution in [-0.2, 0) is 9.53 Å². The molecule has 0 aromatic rings. The second-order valence-corrected chi connectivity index (χ2v) is 2.41. The third-order valence-corrected chi connectivity index (χ3v) is 1.42. The van der Waals surface area contributed by atoms with Gasteiger partial charge in [0.25, 0.3) is 6.47 Å². The lowest BCUT2D eigenvalue weighted by molar-refractivity contribution is -0.133. The Kier molecular flexibility index (Phi) is 7.08. The molecule has 11 heavy (non-hydrogen) atoms. The Hall–Kier alpha value is -0.610. The minimum absolute atomic E-state index is 0.383. The van der Waals surface area contributed by atoms with E-state index in [1.165, 1.54) is 0 Å². The van der Waals surface area contributed by atoms with E-state index in [0.717, 1.165) is 25.7 Å². The second kappa shape index (κ2) is 7.50. The average Bonchev–Trinajstić information content (AvgIpc) is 1.99. The molecule has 0 aromatic carbocycles. The van der Waals surface area contributed by atoms with Crippen LogP contribution in [0.1, 0.15) is 25.7 Å². The molecule has 0 aliphatic heterocycles. The van der Waals surface area contributed by atoms with E-state index in [4.69, 9.17) is 11.5 Å². The van der Waals surface area contributed by atoms with E-state index >= 15 is 0 Å². The molecule has 0 aliphatic carbocycles. The van der Waals surface area contributed by atoms with Gasteiger partial charge in [0.1, 0.15) is 0 Å². The third kappa shape index (κ3) is 7.29. The molecule has 0 amide bonds. The lowest BCUT2D eigenvalue weighted by atomic mass is 10.2. The first kappa shape index (κ1) is 10.4. The van der Waals surface area contributed by atoms with Gasteiger partial charge in [0, 0.05) is 0 Å². The number of hydrogen-bond acceptors (Lipinski definition) is 4. The van der Waals surface area contributed by atoms with Crippen LogP contribution in [0.15, 0.2) is 0 Å². The van der Waals surface area contributed by atoms with Crippen LogP contribution in [0.3, 0.4) is 0 Å². The maximum absolute atomic E-state index is 9.78. The monoisotopic (exact) mass is 160 g/mol. The van der Waals surface area contributed by atoms with Gasteiger partial charge >= 0.3 is 0 Å². The Morgan fingerprint density at radius 3 is 2.64 bits per heavy atom. The van der Waals surface area contributed by atoms with Gasteiger partial charge in [0.2, 0.25) is 0 Å². The molecular weight excluding hydrogens is 144 g/mol. The highest BCUT2D eigenvalue weighted by molar-refractivity contribution is 5.37. The van der Waals surface area contributed by atoms with Gasteiger partial charge in [0.15, 0.2) is 6.23 Å². The highest BCUT2D eigenvalue weighted by Crippen LogP contribution is 2.01. The van der Waals surface area contributed by atoms with Crippen LogP contribution in [0, 0.1) is 0 Å². The number of rotatable bonds is 7. The molecule has 4 nitrogen and oxygen atoms in total. The predicted molar refractivity (Wildman–Crippen MR) is 42.6 cm³/mol. The molecule has 0 heterocycles. The van der Waals surface area contributed by atoms with E-state index in [-0.39, 0.29) is 0 Å². The quantitative estimate of drug-likeness (QED) is 0.311. The van der Waals surface area contributed by atoms with Gasteiger partial charge in [-0.3, -0.25) is 10.5 Å². The Morgan fingerprint density at radius 2 is 2.09 bits per heavy atom. The standard InChI is InChI=1S/C7H16N2O2/c8-5-3-1-2-4-7(9)11-6-10/h6-7H,1-5,8-9H2. The molecule has 0 saturated carbocycles. The number of nitrogens with two attached hydrogens (primary N) is 2. The fourth-order valence-corrected chi connectivity index (χ4v) is 0.806. The first-order valence-electron chi connectivity index (χ1n) is 3.86. The van der Waals surface area contributed by atoms with Crippen molar-refractivity contribution in [1.82, 2.24) is 0 Å². The molecule has 0 rings (SSSR count). The smallest absolute Gasteiger partial charge is 0.294 e. The molecule has 0 aromatic heterocycles. The van der Waals surface area contributed by atoms with E-state index < -0.39 is 6.23 Å². The number of carbonyl (C=O) groups excluding carboxylic acids is 1. The first-order chi connectivity index (χ1) is 5.31. The van der Waals surface area contributed by atoms with Gasteiger partial charge in [-0.2, -0.15) is 0 Å². The topological polar surface area (TPSA) is 78.3 Å². The summed E-state index contributed by atoms with van der Waals surface area (Å²) < 4.78 is 4.49. The average molecular weight is 160 g/mol. The third-order valence-electron chi connectivity index (χ3n) is 1.42. The van der Waals surface area contributed by atoms with E-state index in [1.54, 1.807) is 0 Å². The molecule has 0 aliphatic rings. The number of carbonyl (C=O) groups is 1. The van der Waals surface area contributed by atoms with E-state index in [2.05, 4.69) is 4.74 Å². The maximum Gasteiger partial charge on any atom is 0.294 e. The van der Waals surface area contributed by atoms with Crippen molar-refractivity contribution in [3.05, 3.63) is 0 Å². The normalized spacial score (nSPS) is 12.5. The van der Waals surface area contributed by atoms with Crippen molar-refractivity contribution in [2.24, 2.45) is 11.5 Å². The van der Waals surface area contributed by atoms with Crippen molar-refractivity contribution in [1.29, 1.82) is 0 Å². The summed E-state index contributed by atoms with van der Waals surface area (Å²) in [7, 11) is 0. The van der Waals surface area contributed by atoms with Gasteiger partial charge in [-0.15, -0.1) is 0 Å². The molecule has 0 spiro atoms. The highest BCUT2D eigenvalue weighted by Gasteiger charge is 1.99. The van der Waals surface area contributed by atoms with Crippen LogP contribution >= 0.6 is 0 Å². The summed E-state index contributed by atoms with van der Waals surface area (Å²) >= 11 is 0. The van der Waals surface area contributed by atoms with Gasteiger partial charge in [0.05, 0.1) is 0 Å². The molecule has 0 radical (unpaired) electrons. The van der Waals surface area contributed by atoms with Crippen LogP contribution in [-0.4, -0.2) is 19.2 Å². The van der Waals surface area contributed by atoms with Crippen LogP contribution in [0.4, 0.5) is 0 Å². The molecule has 4 N–H and O–H groups in total. The molecule has 1 unspecified atom stereocenters. The summed E-state index contributed by atoms with van der Waals surface area (Å²) in [4.78, 5) is 9.78. The van der Waals surface area contributed by atoms with Crippen LogP contribution in [0.25, 0.3) is 0 Å². The van der Waals surface area contributed by atoms with Crippen LogP contribution < -0.4 is 11.5 Å². The molecular formula is C7H16N2O2. The summed E-state index contributed by atoms with van der Waals surface area (Å²) in [6.07, 6.45) is 3.30. The molecule has 1 atom stereocenters. The summed E-state index contributed by atoms with van der Waals surface area (Å²) in [5.74, 6) is 0. The fraction of sp³-hybridized carbons (Fsp3) is 0.857. The lowest BCUT2D eigenvalue weighted by Gasteiger charge is -2.07. The number of ether oxygens (including phenoxy) is 1. The first-order valence-corrected chi connectivity index (χ1v) is 3.86. The van der Waals surface area contributed by atoms with Crippen molar-refractivity contribution in [2.45, 2.75) is 31.9 Å². The van der Waals surface area contributed by atoms with Gasteiger partial charge in [-0.25, -0.2) is 0 Å². The number of unbranched alkanes of at least 4 members (excludes halogenated alkanes) is 2. The summed E-state index contributed by atoms with van der Waals surface area (Å²) in [5, 5.41) is 0. The Labute approximate surface area is 66.9 Å². The van der Waals surface area contributed by atoms with Crippen LogP contribution in [0.5, 0.6) is 0 Å². The van der Waals surface area contributed by atoms with Crippen molar-refractivity contribution in [3.63, 3.8) is 0 Å². The maximum atomic E-state index is 9.78. The minimum atomic E-state index is -0.440. The van der Waals surface area contributed by atoms with E-state index in [0.29, 0.717) is 13.0 Å². The Bertz CT molecular complexity index is 98.4. The minimum Gasteiger partial charge on any atom is -0.449 e. The van der Waals surface area contributed by atoms with Crippen molar-refractivity contribution in [3.8, 4) is 0 Å². The molecule has 0 fully saturated rings. The predicted octanol–water partition coefficient (Wildman–Crippen LogP) is -0.0367. The van der Waals surface area contributed by atoms with Gasteiger partial charge in [-0.1, -0.05) is 6.42 Å². The van der Waals surface area contributed by atoms with E-state index in [1.807, 2.05) is 0 Å². The zero-order chi connectivity index (χ0) is 8.53. The molecule has 0 saturated heterocycles. The number of hydrogen-bond donors (Lipinski definition) is 2. The van der Waals surface area contributed by atoms with Gasteiger partial charge < -0.3 is 10.5 Å². The zero-order valence-electron chi connectivity index (χ0n) is 6.66.